The minimum absolute atomic E-state index is 0.530. The zero-order valence-corrected chi connectivity index (χ0v) is 36.4. The molecule has 11 aromatic carbocycles. The van der Waals surface area contributed by atoms with E-state index in [4.69, 9.17) is 0 Å². The molecule has 1 aliphatic carbocycles. The van der Waals surface area contributed by atoms with Crippen LogP contribution >= 0.6 is 0 Å². The summed E-state index contributed by atoms with van der Waals surface area (Å²) in [5.74, 6) is 0. The maximum Gasteiger partial charge on any atom is 0.0714 e. The fourth-order valence-corrected chi connectivity index (χ4v) is 10.5. The van der Waals surface area contributed by atoms with Gasteiger partial charge in [0.05, 0.1) is 11.1 Å². The van der Waals surface area contributed by atoms with Gasteiger partial charge in [0.2, 0.25) is 0 Å². The number of hydrogen-bond donors (Lipinski definition) is 0. The van der Waals surface area contributed by atoms with Crippen LogP contribution in [0.15, 0.2) is 273 Å². The van der Waals surface area contributed by atoms with Gasteiger partial charge in [0.1, 0.15) is 0 Å². The Hall–Kier alpha value is -8.52. The van der Waals surface area contributed by atoms with Crippen molar-refractivity contribution in [3.05, 3.63) is 295 Å². The average molecular weight is 840 g/mol. The van der Waals surface area contributed by atoms with E-state index in [1.807, 2.05) is 0 Å². The fourth-order valence-electron chi connectivity index (χ4n) is 10.5. The van der Waals surface area contributed by atoms with E-state index in [1.165, 1.54) is 77.5 Å². The summed E-state index contributed by atoms with van der Waals surface area (Å²) in [6.45, 7) is 0. The first-order valence-corrected chi connectivity index (χ1v) is 22.8. The molecule has 310 valence electrons. The molecule has 0 unspecified atom stereocenters. The largest absolute Gasteiger partial charge is 0.310 e. The second-order valence-electron chi connectivity index (χ2n) is 17.2. The van der Waals surface area contributed by atoms with Crippen LogP contribution in [-0.2, 0) is 5.41 Å². The quantitative estimate of drug-likeness (QED) is 0.140. The first-order chi connectivity index (χ1) is 32.7. The second-order valence-corrected chi connectivity index (χ2v) is 17.2. The van der Waals surface area contributed by atoms with Gasteiger partial charge in [-0.1, -0.05) is 237 Å². The van der Waals surface area contributed by atoms with Gasteiger partial charge in [-0.25, -0.2) is 0 Å². The van der Waals surface area contributed by atoms with Crippen LogP contribution in [0, 0.1) is 0 Å². The van der Waals surface area contributed by atoms with E-state index in [0.717, 1.165) is 28.2 Å². The van der Waals surface area contributed by atoms with Crippen LogP contribution in [0.4, 0.5) is 17.1 Å². The molecule has 66 heavy (non-hydrogen) atoms. The summed E-state index contributed by atoms with van der Waals surface area (Å²) in [6.07, 6.45) is 0. The van der Waals surface area contributed by atoms with Gasteiger partial charge in [0.15, 0.2) is 0 Å². The minimum atomic E-state index is -0.530. The van der Waals surface area contributed by atoms with Crippen LogP contribution in [0.3, 0.4) is 0 Å². The highest BCUT2D eigenvalue weighted by atomic mass is 15.1. The third kappa shape index (κ3) is 6.64. The zero-order valence-electron chi connectivity index (χ0n) is 36.4. The maximum atomic E-state index is 2.47. The van der Waals surface area contributed by atoms with E-state index in [9.17, 15) is 0 Å². The molecule has 0 spiro atoms. The van der Waals surface area contributed by atoms with Crippen molar-refractivity contribution in [3.63, 3.8) is 0 Å². The molecule has 1 heteroatoms. The lowest BCUT2D eigenvalue weighted by molar-refractivity contribution is 0.768. The van der Waals surface area contributed by atoms with Crippen molar-refractivity contribution in [3.8, 4) is 55.6 Å². The van der Waals surface area contributed by atoms with Gasteiger partial charge in [-0.05, 0) is 119 Å². The maximum absolute atomic E-state index is 2.47. The minimum Gasteiger partial charge on any atom is -0.310 e. The molecule has 0 atom stereocenters. The van der Waals surface area contributed by atoms with Crippen LogP contribution in [0.25, 0.3) is 66.4 Å². The third-order valence-electron chi connectivity index (χ3n) is 13.6. The SMILES string of the molecule is c1ccc(-c2ccc(-c3ccc(N(c4ccc5c(c4)C(c4ccccc4)(c4ccccc4)c4ccccc4-5)c4ccccc4-c4cccc(-c5cccc6ccccc56)c4)cc3)cc2)cc1. The molecule has 12 rings (SSSR count). The lowest BCUT2D eigenvalue weighted by Gasteiger charge is -2.35. The van der Waals surface area contributed by atoms with Crippen molar-refractivity contribution in [1.82, 2.24) is 0 Å². The highest BCUT2D eigenvalue weighted by Gasteiger charge is 2.46. The number of fused-ring (bicyclic) bond motifs is 4. The summed E-state index contributed by atoms with van der Waals surface area (Å²) in [5, 5.41) is 2.49. The van der Waals surface area contributed by atoms with Crippen molar-refractivity contribution < 1.29 is 0 Å². The molecular weight excluding hydrogens is 795 g/mol. The molecule has 0 amide bonds. The highest BCUT2D eigenvalue weighted by Crippen LogP contribution is 2.57. The van der Waals surface area contributed by atoms with E-state index in [1.54, 1.807) is 0 Å². The average Bonchev–Trinajstić information content (AvgIpc) is 3.70. The van der Waals surface area contributed by atoms with E-state index >= 15 is 0 Å². The Morgan fingerprint density at radius 1 is 0.258 bits per heavy atom. The summed E-state index contributed by atoms with van der Waals surface area (Å²) in [6, 6.07) is 100. The molecule has 0 saturated carbocycles. The van der Waals surface area contributed by atoms with E-state index < -0.39 is 5.41 Å². The third-order valence-corrected chi connectivity index (χ3v) is 13.6. The molecule has 11 aromatic rings. The highest BCUT2D eigenvalue weighted by molar-refractivity contribution is 5.98. The molecule has 0 radical (unpaired) electrons. The van der Waals surface area contributed by atoms with E-state index in [2.05, 4.69) is 278 Å². The summed E-state index contributed by atoms with van der Waals surface area (Å²) in [4.78, 5) is 2.46. The van der Waals surface area contributed by atoms with E-state index in [0.29, 0.717) is 0 Å². The number of nitrogens with zero attached hydrogens (tertiary/aromatic N) is 1. The lowest BCUT2D eigenvalue weighted by atomic mass is 9.67. The predicted molar refractivity (Wildman–Crippen MR) is 278 cm³/mol. The van der Waals surface area contributed by atoms with Gasteiger partial charge in [-0.2, -0.15) is 0 Å². The normalized spacial score (nSPS) is 12.4. The molecule has 0 bridgehead atoms. The first kappa shape index (κ1) is 39.1. The summed E-state index contributed by atoms with van der Waals surface area (Å²) >= 11 is 0. The van der Waals surface area contributed by atoms with Crippen molar-refractivity contribution >= 4 is 27.8 Å². The van der Waals surface area contributed by atoms with Crippen molar-refractivity contribution in [2.24, 2.45) is 0 Å². The Balaban J connectivity index is 1.05. The Morgan fingerprint density at radius 3 is 1.41 bits per heavy atom. The molecule has 0 aliphatic heterocycles. The number of anilines is 3. The van der Waals surface area contributed by atoms with Gasteiger partial charge >= 0.3 is 0 Å². The van der Waals surface area contributed by atoms with Crippen LogP contribution in [0.5, 0.6) is 0 Å². The van der Waals surface area contributed by atoms with Crippen LogP contribution in [-0.4, -0.2) is 0 Å². The number of rotatable bonds is 9. The van der Waals surface area contributed by atoms with Gasteiger partial charge in [0, 0.05) is 16.9 Å². The summed E-state index contributed by atoms with van der Waals surface area (Å²) < 4.78 is 0. The molecule has 0 N–H and O–H groups in total. The predicted octanol–water partition coefficient (Wildman–Crippen LogP) is 17.3. The molecule has 0 saturated heterocycles. The topological polar surface area (TPSA) is 3.24 Å². The fraction of sp³-hybridized carbons (Fsp3) is 0.0154. The Labute approximate surface area is 387 Å². The van der Waals surface area contributed by atoms with Crippen molar-refractivity contribution in [2.45, 2.75) is 5.41 Å². The van der Waals surface area contributed by atoms with Crippen LogP contribution in [0.1, 0.15) is 22.3 Å². The van der Waals surface area contributed by atoms with Gasteiger partial charge < -0.3 is 4.90 Å². The summed E-state index contributed by atoms with van der Waals surface area (Å²) in [5.41, 5.74) is 19.9. The number of hydrogen-bond acceptors (Lipinski definition) is 1. The summed E-state index contributed by atoms with van der Waals surface area (Å²) in [7, 11) is 0. The van der Waals surface area contributed by atoms with Gasteiger partial charge in [0.25, 0.3) is 0 Å². The molecule has 0 aromatic heterocycles. The number of para-hydroxylation sites is 1. The smallest absolute Gasteiger partial charge is 0.0714 e. The monoisotopic (exact) mass is 839 g/mol. The van der Waals surface area contributed by atoms with Gasteiger partial charge in [-0.3, -0.25) is 0 Å². The molecule has 1 aliphatic rings. The first-order valence-electron chi connectivity index (χ1n) is 22.8. The van der Waals surface area contributed by atoms with Crippen LogP contribution < -0.4 is 4.90 Å². The standard InChI is InChI=1S/C65H45N/c1-4-18-46(19-5-1)47-34-36-48(37-35-47)49-38-40-55(41-39-49)66(64-33-15-13-29-59(64)52-23-16-22-51(44-52)58-31-17-21-50-20-10-11-28-57(50)58)56-42-43-61-60-30-12-14-32-62(60)65(63(61)45-56,53-24-6-2-7-25-53)54-26-8-3-9-27-54/h1-45H. The van der Waals surface area contributed by atoms with Crippen molar-refractivity contribution in [2.75, 3.05) is 4.90 Å². The Morgan fingerprint density at radius 2 is 0.712 bits per heavy atom. The Bertz CT molecular complexity index is 3460. The van der Waals surface area contributed by atoms with Gasteiger partial charge in [-0.15, -0.1) is 0 Å². The zero-order chi connectivity index (χ0) is 43.9. The molecule has 1 nitrogen and oxygen atoms in total. The number of benzene rings is 11. The molecular formula is C65H45N. The molecule has 0 fully saturated rings. The lowest BCUT2D eigenvalue weighted by Crippen LogP contribution is -2.28. The second kappa shape index (κ2) is 16.6. The molecule has 0 heterocycles. The Kier molecular flexibility index (Phi) is 9.81. The van der Waals surface area contributed by atoms with Crippen LogP contribution in [0.2, 0.25) is 0 Å². The van der Waals surface area contributed by atoms with E-state index in [-0.39, 0.29) is 0 Å². The van der Waals surface area contributed by atoms with Crippen molar-refractivity contribution in [1.29, 1.82) is 0 Å².